The monoisotopic (exact) mass is 317 g/mol. The lowest BCUT2D eigenvalue weighted by Gasteiger charge is -2.28. The minimum atomic E-state index is 0. The van der Waals surface area contributed by atoms with Crippen LogP contribution in [0.5, 0.6) is 0 Å². The van der Waals surface area contributed by atoms with Crippen molar-refractivity contribution >= 4 is 28.3 Å². The van der Waals surface area contributed by atoms with E-state index in [2.05, 4.69) is 41.1 Å². The van der Waals surface area contributed by atoms with Gasteiger partial charge in [-0.1, -0.05) is 41.3 Å². The molecule has 0 saturated heterocycles. The van der Waals surface area contributed by atoms with Crippen molar-refractivity contribution in [3.8, 4) is 0 Å². The molecule has 0 unspecified atom stereocenters. The van der Waals surface area contributed by atoms with Gasteiger partial charge in [-0.2, -0.15) is 0 Å². The van der Waals surface area contributed by atoms with E-state index in [1.54, 1.807) is 0 Å². The van der Waals surface area contributed by atoms with Gasteiger partial charge in [0.05, 0.1) is 0 Å². The highest BCUT2D eigenvalue weighted by atomic mass is 79.9. The average Bonchev–Trinajstić information content (AvgIpc) is 2.32. The number of aryl methyl sites for hydroxylation is 1. The quantitative estimate of drug-likeness (QED) is 0.836. The zero-order valence-electron chi connectivity index (χ0n) is 10.3. The Labute approximate surface area is 119 Å². The largest absolute Gasteiger partial charge is 0.324 e. The van der Waals surface area contributed by atoms with Crippen LogP contribution in [-0.2, 0) is 0 Å². The Morgan fingerprint density at radius 3 is 2.53 bits per heavy atom. The van der Waals surface area contributed by atoms with Gasteiger partial charge in [0, 0.05) is 10.5 Å². The molecular weight excluding hydrogens is 298 g/mol. The van der Waals surface area contributed by atoms with E-state index in [0.29, 0.717) is 5.92 Å². The van der Waals surface area contributed by atoms with E-state index in [1.165, 1.54) is 43.2 Å². The zero-order valence-corrected chi connectivity index (χ0v) is 12.7. The van der Waals surface area contributed by atoms with E-state index in [-0.39, 0.29) is 18.4 Å². The van der Waals surface area contributed by atoms with Crippen LogP contribution in [0.1, 0.15) is 49.3 Å². The summed E-state index contributed by atoms with van der Waals surface area (Å²) < 4.78 is 1.14. The van der Waals surface area contributed by atoms with E-state index >= 15 is 0 Å². The molecule has 17 heavy (non-hydrogen) atoms. The van der Waals surface area contributed by atoms with Gasteiger partial charge in [-0.25, -0.2) is 0 Å². The van der Waals surface area contributed by atoms with Crippen LogP contribution >= 0.6 is 28.3 Å². The third kappa shape index (κ3) is 3.70. The van der Waals surface area contributed by atoms with Gasteiger partial charge in [-0.3, -0.25) is 0 Å². The topological polar surface area (TPSA) is 26.0 Å². The molecule has 0 aromatic heterocycles. The summed E-state index contributed by atoms with van der Waals surface area (Å²) in [5, 5.41) is 0. The molecule has 96 valence electrons. The van der Waals surface area contributed by atoms with Gasteiger partial charge >= 0.3 is 0 Å². The molecule has 1 aliphatic carbocycles. The highest BCUT2D eigenvalue weighted by Gasteiger charge is 2.22. The number of halogens is 2. The molecule has 1 atom stereocenters. The second-order valence-corrected chi connectivity index (χ2v) is 5.84. The summed E-state index contributed by atoms with van der Waals surface area (Å²) in [6, 6.07) is 6.65. The Balaban J connectivity index is 0.00000144. The smallest absolute Gasteiger partial charge is 0.0326 e. The number of hydrogen-bond donors (Lipinski definition) is 1. The summed E-state index contributed by atoms with van der Waals surface area (Å²) in [7, 11) is 0. The number of rotatable bonds is 2. The maximum Gasteiger partial charge on any atom is 0.0326 e. The third-order valence-electron chi connectivity index (χ3n) is 3.76. The van der Waals surface area contributed by atoms with E-state index in [0.717, 1.165) is 4.47 Å². The predicted molar refractivity (Wildman–Crippen MR) is 79.6 cm³/mol. The van der Waals surface area contributed by atoms with Gasteiger partial charge in [0.15, 0.2) is 0 Å². The predicted octanol–water partition coefficient (Wildman–Crippen LogP) is 4.76. The second kappa shape index (κ2) is 6.77. The Bertz CT molecular complexity index is 361. The molecule has 1 aromatic rings. The van der Waals surface area contributed by atoms with Gasteiger partial charge in [0.1, 0.15) is 0 Å². The fraction of sp³-hybridized carbons (Fsp3) is 0.571. The first-order chi connectivity index (χ1) is 7.68. The Morgan fingerprint density at radius 1 is 1.24 bits per heavy atom. The summed E-state index contributed by atoms with van der Waals surface area (Å²) in [4.78, 5) is 0. The number of nitrogens with two attached hydrogens (primary N) is 1. The van der Waals surface area contributed by atoms with Crippen molar-refractivity contribution in [2.75, 3.05) is 0 Å². The van der Waals surface area contributed by atoms with E-state index in [4.69, 9.17) is 5.73 Å². The summed E-state index contributed by atoms with van der Waals surface area (Å²) >= 11 is 3.53. The lowest BCUT2D eigenvalue weighted by atomic mass is 9.80. The lowest BCUT2D eigenvalue weighted by molar-refractivity contribution is 0.307. The van der Waals surface area contributed by atoms with Crippen molar-refractivity contribution in [1.29, 1.82) is 0 Å². The molecule has 0 bridgehead atoms. The van der Waals surface area contributed by atoms with Crippen molar-refractivity contribution in [1.82, 2.24) is 0 Å². The molecule has 1 saturated carbocycles. The molecule has 1 aromatic carbocycles. The van der Waals surface area contributed by atoms with Crippen LogP contribution in [0.15, 0.2) is 22.7 Å². The SMILES string of the molecule is Cc1ccc(Br)cc1[C@@H](N)C1CCCCC1.Cl. The van der Waals surface area contributed by atoms with Crippen molar-refractivity contribution in [3.63, 3.8) is 0 Å². The molecule has 0 heterocycles. The van der Waals surface area contributed by atoms with Crippen LogP contribution in [0.3, 0.4) is 0 Å². The van der Waals surface area contributed by atoms with Crippen LogP contribution in [0.25, 0.3) is 0 Å². The molecule has 0 aliphatic heterocycles. The highest BCUT2D eigenvalue weighted by molar-refractivity contribution is 9.10. The fourth-order valence-corrected chi connectivity index (χ4v) is 3.10. The summed E-state index contributed by atoms with van der Waals surface area (Å²) in [5.41, 5.74) is 9.06. The second-order valence-electron chi connectivity index (χ2n) is 4.92. The van der Waals surface area contributed by atoms with Crippen LogP contribution in [0, 0.1) is 12.8 Å². The van der Waals surface area contributed by atoms with Gasteiger partial charge in [-0.15, -0.1) is 12.4 Å². The van der Waals surface area contributed by atoms with E-state index in [9.17, 15) is 0 Å². The molecule has 2 rings (SSSR count). The Kier molecular flexibility index (Phi) is 5.98. The first-order valence-corrected chi connectivity index (χ1v) is 6.99. The van der Waals surface area contributed by atoms with E-state index < -0.39 is 0 Å². The minimum Gasteiger partial charge on any atom is -0.324 e. The summed E-state index contributed by atoms with van der Waals surface area (Å²) in [6.45, 7) is 2.16. The summed E-state index contributed by atoms with van der Waals surface area (Å²) in [5.74, 6) is 0.682. The van der Waals surface area contributed by atoms with Crippen molar-refractivity contribution in [2.24, 2.45) is 11.7 Å². The van der Waals surface area contributed by atoms with Crippen LogP contribution in [0.4, 0.5) is 0 Å². The standard InChI is InChI=1S/C14H20BrN.ClH/c1-10-7-8-12(15)9-13(10)14(16)11-5-3-2-4-6-11;/h7-9,11,14H,2-6,16H2,1H3;1H/t14-;/m0./s1. The van der Waals surface area contributed by atoms with Crippen LogP contribution in [0.2, 0.25) is 0 Å². The first-order valence-electron chi connectivity index (χ1n) is 6.20. The average molecular weight is 319 g/mol. The molecule has 0 spiro atoms. The van der Waals surface area contributed by atoms with Crippen molar-refractivity contribution in [3.05, 3.63) is 33.8 Å². The van der Waals surface area contributed by atoms with Gasteiger partial charge in [0.2, 0.25) is 0 Å². The number of hydrogen-bond acceptors (Lipinski definition) is 1. The first kappa shape index (κ1) is 15.0. The van der Waals surface area contributed by atoms with Gasteiger partial charge in [0.25, 0.3) is 0 Å². The van der Waals surface area contributed by atoms with Crippen LogP contribution < -0.4 is 5.73 Å². The highest BCUT2D eigenvalue weighted by Crippen LogP contribution is 2.34. The Hall–Kier alpha value is -0.0500. The molecule has 0 radical (unpaired) electrons. The normalized spacial score (nSPS) is 18.5. The fourth-order valence-electron chi connectivity index (χ4n) is 2.72. The van der Waals surface area contributed by atoms with Gasteiger partial charge < -0.3 is 5.73 Å². The zero-order chi connectivity index (χ0) is 11.5. The molecule has 1 nitrogen and oxygen atoms in total. The lowest BCUT2D eigenvalue weighted by Crippen LogP contribution is -2.24. The van der Waals surface area contributed by atoms with Crippen molar-refractivity contribution < 1.29 is 0 Å². The summed E-state index contributed by atoms with van der Waals surface area (Å²) in [6.07, 6.45) is 6.69. The maximum atomic E-state index is 6.42. The Morgan fingerprint density at radius 2 is 1.88 bits per heavy atom. The molecule has 0 amide bonds. The minimum absolute atomic E-state index is 0. The molecular formula is C14H21BrClN. The molecule has 2 N–H and O–H groups in total. The number of benzene rings is 1. The van der Waals surface area contributed by atoms with Crippen LogP contribution in [-0.4, -0.2) is 0 Å². The molecule has 1 fully saturated rings. The van der Waals surface area contributed by atoms with Gasteiger partial charge in [-0.05, 0) is 48.9 Å². The molecule has 1 aliphatic rings. The third-order valence-corrected chi connectivity index (χ3v) is 4.25. The maximum absolute atomic E-state index is 6.42. The van der Waals surface area contributed by atoms with E-state index in [1.807, 2.05) is 0 Å². The van der Waals surface area contributed by atoms with Crippen molar-refractivity contribution in [2.45, 2.75) is 45.1 Å². The molecule has 3 heteroatoms.